The third-order valence-electron chi connectivity index (χ3n) is 7.46. The van der Waals surface area contributed by atoms with Crippen LogP contribution in [0.15, 0.2) is 72.8 Å². The second-order valence-corrected chi connectivity index (χ2v) is 12.7. The molecule has 0 fully saturated rings. The number of unbranched alkanes of at least 4 members (excludes halogenated alkanes) is 4. The van der Waals surface area contributed by atoms with Gasteiger partial charge in [-0.2, -0.15) is 10.2 Å². The van der Waals surface area contributed by atoms with Gasteiger partial charge in [-0.3, -0.25) is 9.59 Å². The first-order chi connectivity index (χ1) is 21.0. The van der Waals surface area contributed by atoms with E-state index in [0.29, 0.717) is 22.8 Å². The van der Waals surface area contributed by atoms with Crippen LogP contribution in [0.5, 0.6) is 0 Å². The van der Waals surface area contributed by atoms with Gasteiger partial charge in [0.2, 0.25) is 0 Å². The fraction of sp³-hybridized carbons (Fsp3) is 0.273. The average Bonchev–Trinajstić information content (AvgIpc) is 3.80. The number of aromatic nitrogens is 4. The minimum absolute atomic E-state index is 0.0316. The van der Waals surface area contributed by atoms with Crippen molar-refractivity contribution in [3.8, 4) is 11.4 Å². The Morgan fingerprint density at radius 2 is 1.02 bits per heavy atom. The Bertz CT molecular complexity index is 1730. The number of rotatable bonds is 12. The van der Waals surface area contributed by atoms with Crippen LogP contribution >= 0.6 is 22.7 Å². The quantitative estimate of drug-likeness (QED) is 0.143. The summed E-state index contributed by atoms with van der Waals surface area (Å²) in [5.41, 5.74) is 3.82. The molecular weight excluding hydrogens is 577 g/mol. The van der Waals surface area contributed by atoms with Crippen LogP contribution in [0.2, 0.25) is 0 Å². The van der Waals surface area contributed by atoms with Gasteiger partial charge >= 0.3 is 0 Å². The summed E-state index contributed by atoms with van der Waals surface area (Å²) in [5, 5.41) is 17.5. The summed E-state index contributed by atoms with van der Waals surface area (Å²) >= 11 is 2.96. The smallest absolute Gasteiger partial charge is 0.261 e. The number of benzene rings is 2. The van der Waals surface area contributed by atoms with Gasteiger partial charge in [-0.25, -0.2) is 9.36 Å². The van der Waals surface area contributed by atoms with Gasteiger partial charge in [0, 0.05) is 23.9 Å². The number of thiophene rings is 2. The summed E-state index contributed by atoms with van der Waals surface area (Å²) < 4.78 is 3.83. The predicted octanol–water partition coefficient (Wildman–Crippen LogP) is 7.21. The fourth-order valence-corrected chi connectivity index (χ4v) is 7.36. The Balaban J connectivity index is 0.903. The fourth-order valence-electron chi connectivity index (χ4n) is 5.17. The van der Waals surface area contributed by atoms with E-state index in [1.807, 2.05) is 96.0 Å². The van der Waals surface area contributed by atoms with Gasteiger partial charge in [-0.1, -0.05) is 55.7 Å². The summed E-state index contributed by atoms with van der Waals surface area (Å²) in [6.07, 6.45) is 5.00. The molecule has 0 saturated carbocycles. The monoisotopic (exact) mass is 610 g/mol. The van der Waals surface area contributed by atoms with Crippen LogP contribution in [0.4, 0.5) is 0 Å². The molecule has 4 aromatic heterocycles. The molecular formula is C33H34N6O2S2. The van der Waals surface area contributed by atoms with Crippen molar-refractivity contribution in [1.29, 1.82) is 0 Å². The molecule has 43 heavy (non-hydrogen) atoms. The van der Waals surface area contributed by atoms with E-state index in [-0.39, 0.29) is 11.8 Å². The predicted molar refractivity (Wildman–Crippen MR) is 175 cm³/mol. The van der Waals surface area contributed by atoms with Gasteiger partial charge in [-0.15, -0.1) is 22.7 Å². The Kier molecular flexibility index (Phi) is 8.67. The highest BCUT2D eigenvalue weighted by molar-refractivity contribution is 7.20. The molecule has 0 atom stereocenters. The third-order valence-corrected chi connectivity index (χ3v) is 9.68. The lowest BCUT2D eigenvalue weighted by Gasteiger charge is -2.05. The first kappa shape index (κ1) is 28.8. The van der Waals surface area contributed by atoms with Gasteiger partial charge in [0.1, 0.15) is 9.66 Å². The highest BCUT2D eigenvalue weighted by atomic mass is 32.1. The second kappa shape index (κ2) is 12.9. The van der Waals surface area contributed by atoms with Crippen LogP contribution in [0.25, 0.3) is 31.8 Å². The van der Waals surface area contributed by atoms with Crippen molar-refractivity contribution in [2.75, 3.05) is 13.1 Å². The van der Waals surface area contributed by atoms with Gasteiger partial charge in [0.05, 0.1) is 32.5 Å². The van der Waals surface area contributed by atoms with E-state index in [4.69, 9.17) is 0 Å². The van der Waals surface area contributed by atoms with E-state index in [0.717, 1.165) is 75.3 Å². The molecule has 2 amide bonds. The largest absolute Gasteiger partial charge is 0.351 e. The van der Waals surface area contributed by atoms with Crippen molar-refractivity contribution >= 4 is 54.9 Å². The SMILES string of the molecule is Cc1nn(-c2ccccc2)c2sc(C(=O)NCCCCCCCNC(=O)c3cc4c(C)nn(-c5ccccc5)c4s3)cc12. The lowest BCUT2D eigenvalue weighted by Crippen LogP contribution is -2.24. The molecule has 4 heterocycles. The van der Waals surface area contributed by atoms with Gasteiger partial charge in [0.15, 0.2) is 0 Å². The Morgan fingerprint density at radius 3 is 1.44 bits per heavy atom. The molecule has 220 valence electrons. The topological polar surface area (TPSA) is 93.8 Å². The van der Waals surface area contributed by atoms with Gasteiger partial charge in [0.25, 0.3) is 11.8 Å². The van der Waals surface area contributed by atoms with Crippen molar-refractivity contribution in [2.45, 2.75) is 46.0 Å². The first-order valence-corrected chi connectivity index (χ1v) is 16.3. The minimum Gasteiger partial charge on any atom is -0.351 e. The molecule has 0 spiro atoms. The van der Waals surface area contributed by atoms with Crippen molar-refractivity contribution in [1.82, 2.24) is 30.2 Å². The summed E-state index contributed by atoms with van der Waals surface area (Å²) in [6.45, 7) is 5.26. The summed E-state index contributed by atoms with van der Waals surface area (Å²) in [4.78, 5) is 29.0. The molecule has 0 aliphatic carbocycles. The second-order valence-electron chi connectivity index (χ2n) is 10.6. The number of para-hydroxylation sites is 2. The number of carbonyl (C=O) groups is 2. The normalized spacial score (nSPS) is 11.4. The summed E-state index contributed by atoms with van der Waals surface area (Å²) in [7, 11) is 0. The standard InChI is InChI=1S/C33H34N6O2S2/c1-22-26-20-28(42-32(26)38(36-22)24-14-8-6-9-15-24)30(40)34-18-12-4-3-5-13-19-35-31(41)29-21-27-23(2)37-39(33(27)43-29)25-16-10-7-11-17-25/h6-11,14-17,20-21H,3-5,12-13,18-19H2,1-2H3,(H,34,40)(H,35,41). The van der Waals surface area contributed by atoms with E-state index in [1.54, 1.807) is 0 Å². The maximum atomic E-state index is 12.8. The Morgan fingerprint density at radius 1 is 0.628 bits per heavy atom. The van der Waals surface area contributed by atoms with Gasteiger partial charge in [-0.05, 0) is 63.1 Å². The van der Waals surface area contributed by atoms with Crippen LogP contribution in [0.3, 0.4) is 0 Å². The van der Waals surface area contributed by atoms with Crippen LogP contribution in [-0.4, -0.2) is 44.5 Å². The molecule has 0 bridgehead atoms. The zero-order valence-electron chi connectivity index (χ0n) is 24.3. The van der Waals surface area contributed by atoms with Crippen molar-refractivity contribution in [3.05, 3.63) is 93.9 Å². The van der Waals surface area contributed by atoms with Crippen molar-refractivity contribution in [3.63, 3.8) is 0 Å². The van der Waals surface area contributed by atoms with E-state index < -0.39 is 0 Å². The third kappa shape index (κ3) is 6.25. The van der Waals surface area contributed by atoms with Crippen LogP contribution in [0, 0.1) is 13.8 Å². The number of hydrogen-bond donors (Lipinski definition) is 2. The molecule has 6 rings (SSSR count). The van der Waals surface area contributed by atoms with E-state index in [1.165, 1.54) is 22.7 Å². The number of hydrogen-bond acceptors (Lipinski definition) is 6. The average molecular weight is 611 g/mol. The number of amides is 2. The van der Waals surface area contributed by atoms with Crippen LogP contribution in [0.1, 0.15) is 62.8 Å². The van der Waals surface area contributed by atoms with Crippen molar-refractivity contribution in [2.24, 2.45) is 0 Å². The number of nitrogens with zero attached hydrogens (tertiary/aromatic N) is 4. The number of nitrogens with one attached hydrogen (secondary N) is 2. The highest BCUT2D eigenvalue weighted by Gasteiger charge is 2.18. The molecule has 0 unspecified atom stereocenters. The first-order valence-electron chi connectivity index (χ1n) is 14.6. The molecule has 8 nitrogen and oxygen atoms in total. The molecule has 0 saturated heterocycles. The summed E-state index contributed by atoms with van der Waals surface area (Å²) in [6, 6.07) is 23.9. The number of carbonyl (C=O) groups excluding carboxylic acids is 2. The molecule has 0 aliphatic rings. The Labute approximate surface area is 258 Å². The van der Waals surface area contributed by atoms with E-state index in [2.05, 4.69) is 20.8 Å². The molecule has 0 radical (unpaired) electrons. The van der Waals surface area contributed by atoms with E-state index >= 15 is 0 Å². The highest BCUT2D eigenvalue weighted by Crippen LogP contribution is 2.31. The maximum Gasteiger partial charge on any atom is 0.261 e. The van der Waals surface area contributed by atoms with Crippen LogP contribution < -0.4 is 10.6 Å². The number of fused-ring (bicyclic) bond motifs is 2. The Hall–Kier alpha value is -4.28. The maximum absolute atomic E-state index is 12.8. The zero-order chi connectivity index (χ0) is 29.8. The van der Waals surface area contributed by atoms with E-state index in [9.17, 15) is 9.59 Å². The van der Waals surface area contributed by atoms with Crippen molar-refractivity contribution < 1.29 is 9.59 Å². The number of aryl methyl sites for hydroxylation is 2. The lowest BCUT2D eigenvalue weighted by atomic mass is 10.1. The molecule has 2 N–H and O–H groups in total. The lowest BCUT2D eigenvalue weighted by molar-refractivity contribution is 0.0949. The molecule has 6 aromatic rings. The molecule has 2 aromatic carbocycles. The molecule has 10 heteroatoms. The van der Waals surface area contributed by atoms with Gasteiger partial charge < -0.3 is 10.6 Å². The summed E-state index contributed by atoms with van der Waals surface area (Å²) in [5.74, 6) is -0.0633. The molecule has 0 aliphatic heterocycles. The van der Waals surface area contributed by atoms with Crippen LogP contribution in [-0.2, 0) is 0 Å². The zero-order valence-corrected chi connectivity index (χ0v) is 25.9. The minimum atomic E-state index is -0.0316.